The molecule has 25 heavy (non-hydrogen) atoms. The van der Waals surface area contributed by atoms with Crippen LogP contribution in [0.15, 0.2) is 65.7 Å². The lowest BCUT2D eigenvalue weighted by Crippen LogP contribution is -2.28. The largest absolute Gasteiger partial charge is 0.544 e. The number of Topliss-reactive ketones (excluding diaryl/α,β-unsaturated/α-hetero) is 1. The Balaban J connectivity index is 1.98. The van der Waals surface area contributed by atoms with Crippen LogP contribution in [0.5, 0.6) is 0 Å². The molecule has 1 N–H and O–H groups in total. The highest BCUT2D eigenvalue weighted by atomic mass is 35.5. The Labute approximate surface area is 153 Å². The van der Waals surface area contributed by atoms with E-state index in [0.717, 1.165) is 0 Å². The number of carboxylic acids is 1. The van der Waals surface area contributed by atoms with E-state index >= 15 is 0 Å². The van der Waals surface area contributed by atoms with Crippen molar-refractivity contribution in [1.29, 1.82) is 0 Å². The number of benzene rings is 2. The van der Waals surface area contributed by atoms with E-state index in [9.17, 15) is 14.7 Å². The SMILES string of the molecule is O=C([O-])C1=C(Nc2ccccc2)O/C(=C\c2c(Cl)cccc2Cl)C1=O. The Kier molecular flexibility index (Phi) is 4.79. The second-order valence-electron chi connectivity index (χ2n) is 5.06. The summed E-state index contributed by atoms with van der Waals surface area (Å²) in [5.41, 5.74) is 0.312. The molecule has 5 nitrogen and oxygen atoms in total. The lowest BCUT2D eigenvalue weighted by atomic mass is 10.1. The summed E-state index contributed by atoms with van der Waals surface area (Å²) in [6.45, 7) is 0. The fraction of sp³-hybridized carbons (Fsp3) is 0. The zero-order chi connectivity index (χ0) is 18.0. The van der Waals surface area contributed by atoms with Crippen molar-refractivity contribution < 1.29 is 19.4 Å². The monoisotopic (exact) mass is 374 g/mol. The van der Waals surface area contributed by atoms with E-state index in [0.29, 0.717) is 21.3 Å². The van der Waals surface area contributed by atoms with Gasteiger partial charge < -0.3 is 20.0 Å². The molecule has 0 bridgehead atoms. The van der Waals surface area contributed by atoms with Gasteiger partial charge in [0, 0.05) is 21.3 Å². The van der Waals surface area contributed by atoms with Crippen LogP contribution < -0.4 is 10.4 Å². The van der Waals surface area contributed by atoms with E-state index < -0.39 is 17.3 Å². The smallest absolute Gasteiger partial charge is 0.235 e. The first-order chi connectivity index (χ1) is 12.0. The molecule has 0 fully saturated rings. The van der Waals surface area contributed by atoms with Crippen LogP contribution in [0, 0.1) is 0 Å². The second kappa shape index (κ2) is 7.01. The molecule has 2 aromatic carbocycles. The van der Waals surface area contributed by atoms with E-state index in [2.05, 4.69) is 5.32 Å². The number of halogens is 2. The maximum atomic E-state index is 12.4. The quantitative estimate of drug-likeness (QED) is 0.657. The summed E-state index contributed by atoms with van der Waals surface area (Å²) in [5, 5.41) is 14.7. The first kappa shape index (κ1) is 17.1. The van der Waals surface area contributed by atoms with E-state index in [4.69, 9.17) is 27.9 Å². The highest BCUT2D eigenvalue weighted by Crippen LogP contribution is 2.32. The summed E-state index contributed by atoms with van der Waals surface area (Å²) in [5.74, 6) is -2.90. The van der Waals surface area contributed by atoms with Crippen molar-refractivity contribution in [2.45, 2.75) is 0 Å². The fourth-order valence-corrected chi connectivity index (χ4v) is 2.74. The predicted octanol–water partition coefficient (Wildman–Crippen LogP) is 3.01. The summed E-state index contributed by atoms with van der Waals surface area (Å²) >= 11 is 12.1. The molecule has 0 atom stereocenters. The van der Waals surface area contributed by atoms with Crippen molar-refractivity contribution in [3.05, 3.63) is 81.4 Å². The Hall–Kier alpha value is -2.76. The van der Waals surface area contributed by atoms with Crippen molar-refractivity contribution in [2.24, 2.45) is 0 Å². The molecule has 1 aliphatic rings. The molecule has 0 amide bonds. The minimum absolute atomic E-state index is 0.215. The van der Waals surface area contributed by atoms with Gasteiger partial charge >= 0.3 is 0 Å². The number of hydrogen-bond acceptors (Lipinski definition) is 5. The normalized spacial score (nSPS) is 15.4. The predicted molar refractivity (Wildman–Crippen MR) is 92.6 cm³/mol. The minimum atomic E-state index is -1.64. The van der Waals surface area contributed by atoms with Crippen LogP contribution in [0.4, 0.5) is 5.69 Å². The third kappa shape index (κ3) is 3.52. The number of rotatable bonds is 4. The van der Waals surface area contributed by atoms with E-state index in [1.165, 1.54) is 6.08 Å². The van der Waals surface area contributed by atoms with Gasteiger partial charge in [0.25, 0.3) is 0 Å². The second-order valence-corrected chi connectivity index (χ2v) is 5.87. The molecule has 7 heteroatoms. The van der Waals surface area contributed by atoms with Gasteiger partial charge in [-0.1, -0.05) is 47.5 Å². The summed E-state index contributed by atoms with van der Waals surface area (Å²) in [4.78, 5) is 23.7. The third-order valence-corrected chi connectivity index (χ3v) is 4.06. The van der Waals surface area contributed by atoms with Gasteiger partial charge in [-0.2, -0.15) is 0 Å². The van der Waals surface area contributed by atoms with Crippen LogP contribution in [0.2, 0.25) is 10.0 Å². The van der Waals surface area contributed by atoms with Crippen LogP contribution in [0.1, 0.15) is 5.56 Å². The Morgan fingerprint density at radius 1 is 1.04 bits per heavy atom. The van der Waals surface area contributed by atoms with Crippen molar-refractivity contribution in [3.63, 3.8) is 0 Å². The molecule has 0 radical (unpaired) electrons. The van der Waals surface area contributed by atoms with Crippen molar-refractivity contribution in [1.82, 2.24) is 0 Å². The molecular weight excluding hydrogens is 365 g/mol. The van der Waals surface area contributed by atoms with E-state index in [-0.39, 0.29) is 11.6 Å². The lowest BCUT2D eigenvalue weighted by Gasteiger charge is -2.09. The number of anilines is 1. The zero-order valence-electron chi connectivity index (χ0n) is 12.6. The minimum Gasteiger partial charge on any atom is -0.544 e. The molecule has 126 valence electrons. The number of nitrogens with one attached hydrogen (secondary N) is 1. The average Bonchev–Trinajstić information content (AvgIpc) is 2.87. The van der Waals surface area contributed by atoms with E-state index in [1.807, 2.05) is 0 Å². The first-order valence-electron chi connectivity index (χ1n) is 7.13. The van der Waals surface area contributed by atoms with Crippen LogP contribution in [-0.2, 0) is 14.3 Å². The highest BCUT2D eigenvalue weighted by molar-refractivity contribution is 6.37. The molecule has 2 aromatic rings. The number of para-hydroxylation sites is 1. The summed E-state index contributed by atoms with van der Waals surface area (Å²) in [6, 6.07) is 13.5. The third-order valence-electron chi connectivity index (χ3n) is 3.40. The fourth-order valence-electron chi connectivity index (χ4n) is 2.23. The standard InChI is InChI=1S/C18H11Cl2NO4/c19-12-7-4-8-13(20)11(12)9-14-16(22)15(18(23)24)17(25-14)21-10-5-2-1-3-6-10/h1-9,21H,(H,23,24)/p-1/b14-9-. The number of carboxylic acid groups (broad SMARTS) is 1. The molecule has 0 saturated carbocycles. The number of carbonyl (C=O) groups is 2. The maximum Gasteiger partial charge on any atom is 0.235 e. The van der Waals surface area contributed by atoms with Gasteiger partial charge in [0.15, 0.2) is 5.76 Å². The molecule has 0 unspecified atom stereocenters. The number of ketones is 1. The molecule has 0 aromatic heterocycles. The number of carbonyl (C=O) groups excluding carboxylic acids is 2. The summed E-state index contributed by atoms with van der Waals surface area (Å²) in [6.07, 6.45) is 1.30. The number of hydrogen-bond donors (Lipinski definition) is 1. The zero-order valence-corrected chi connectivity index (χ0v) is 14.1. The summed E-state index contributed by atoms with van der Waals surface area (Å²) < 4.78 is 5.41. The van der Waals surface area contributed by atoms with Crippen LogP contribution in [0.3, 0.4) is 0 Å². The van der Waals surface area contributed by atoms with Gasteiger partial charge in [-0.25, -0.2) is 0 Å². The van der Waals surface area contributed by atoms with E-state index in [1.54, 1.807) is 48.5 Å². The number of ether oxygens (including phenoxy) is 1. The van der Waals surface area contributed by atoms with Gasteiger partial charge in [0.1, 0.15) is 5.57 Å². The number of aliphatic carboxylic acids is 1. The van der Waals surface area contributed by atoms with Gasteiger partial charge in [-0.05, 0) is 30.3 Å². The summed E-state index contributed by atoms with van der Waals surface area (Å²) in [7, 11) is 0. The topological polar surface area (TPSA) is 78.5 Å². The lowest BCUT2D eigenvalue weighted by molar-refractivity contribution is -0.298. The molecule has 1 heterocycles. The van der Waals surface area contributed by atoms with Gasteiger partial charge in [0.05, 0.1) is 5.97 Å². The Bertz CT molecular complexity index is 900. The van der Waals surface area contributed by atoms with Gasteiger partial charge in [0.2, 0.25) is 11.7 Å². The molecule has 3 rings (SSSR count). The maximum absolute atomic E-state index is 12.4. The Morgan fingerprint density at radius 2 is 1.68 bits per heavy atom. The van der Waals surface area contributed by atoms with Gasteiger partial charge in [-0.3, -0.25) is 4.79 Å². The molecule has 0 saturated heterocycles. The Morgan fingerprint density at radius 3 is 2.28 bits per heavy atom. The molecule has 0 aliphatic carbocycles. The first-order valence-corrected chi connectivity index (χ1v) is 7.89. The molecular formula is C18H10Cl2NO4-. The number of allylic oxidation sites excluding steroid dienone is 1. The van der Waals surface area contributed by atoms with Crippen LogP contribution in [0.25, 0.3) is 6.08 Å². The average molecular weight is 375 g/mol. The van der Waals surface area contributed by atoms with Crippen molar-refractivity contribution in [3.8, 4) is 0 Å². The van der Waals surface area contributed by atoms with Crippen LogP contribution >= 0.6 is 23.2 Å². The van der Waals surface area contributed by atoms with Crippen molar-refractivity contribution >= 4 is 46.7 Å². The van der Waals surface area contributed by atoms with Crippen LogP contribution in [-0.4, -0.2) is 11.8 Å². The highest BCUT2D eigenvalue weighted by Gasteiger charge is 2.32. The van der Waals surface area contributed by atoms with Crippen molar-refractivity contribution in [2.75, 3.05) is 5.32 Å². The molecule has 0 spiro atoms. The molecule has 1 aliphatic heterocycles. The van der Waals surface area contributed by atoms with Gasteiger partial charge in [-0.15, -0.1) is 0 Å².